The summed E-state index contributed by atoms with van der Waals surface area (Å²) >= 11 is 0. The zero-order valence-corrected chi connectivity index (χ0v) is 21.0. The van der Waals surface area contributed by atoms with Crippen LogP contribution in [0.1, 0.15) is 24.1 Å². The highest BCUT2D eigenvalue weighted by atomic mass is 16.6. The van der Waals surface area contributed by atoms with E-state index >= 15 is 0 Å². The third-order valence-electron chi connectivity index (χ3n) is 7.24. The van der Waals surface area contributed by atoms with E-state index in [-0.39, 0.29) is 24.0 Å². The van der Waals surface area contributed by atoms with E-state index < -0.39 is 23.0 Å². The first-order valence-corrected chi connectivity index (χ1v) is 12.7. The Kier molecular flexibility index (Phi) is 7.10. The van der Waals surface area contributed by atoms with Crippen molar-refractivity contribution >= 4 is 23.5 Å². The van der Waals surface area contributed by atoms with E-state index in [9.17, 15) is 24.5 Å². The Morgan fingerprint density at radius 3 is 2.55 bits per heavy atom. The molecule has 1 fully saturated rings. The molecule has 11 heteroatoms. The quantitative estimate of drug-likeness (QED) is 0.442. The van der Waals surface area contributed by atoms with Crippen molar-refractivity contribution in [2.45, 2.75) is 25.4 Å². The van der Waals surface area contributed by atoms with Crippen LogP contribution in [0.15, 0.2) is 65.9 Å². The topological polar surface area (TPSA) is 125 Å². The summed E-state index contributed by atoms with van der Waals surface area (Å²) in [6.07, 6.45) is 0.318. The molecule has 0 radical (unpaired) electrons. The Bertz CT molecular complexity index is 1290. The molecule has 0 saturated carbocycles. The Morgan fingerprint density at radius 1 is 1.13 bits per heavy atom. The van der Waals surface area contributed by atoms with Crippen LogP contribution in [0.5, 0.6) is 0 Å². The summed E-state index contributed by atoms with van der Waals surface area (Å²) in [7, 11) is 0. The van der Waals surface area contributed by atoms with Gasteiger partial charge in [-0.3, -0.25) is 24.6 Å². The van der Waals surface area contributed by atoms with E-state index in [1.807, 2.05) is 37.3 Å². The first kappa shape index (κ1) is 25.4. The average molecular weight is 520 g/mol. The second-order valence-corrected chi connectivity index (χ2v) is 9.42. The van der Waals surface area contributed by atoms with Crippen molar-refractivity contribution < 1.29 is 24.0 Å². The maximum Gasteiger partial charge on any atom is 0.322 e. The van der Waals surface area contributed by atoms with Crippen molar-refractivity contribution in [2.75, 3.05) is 39.4 Å². The molecule has 2 atom stereocenters. The van der Waals surface area contributed by atoms with Crippen molar-refractivity contribution in [2.24, 2.45) is 0 Å². The first-order valence-electron chi connectivity index (χ1n) is 12.7. The number of likely N-dealkylation sites (N-methyl/N-ethyl adjacent to an activating group) is 1. The van der Waals surface area contributed by atoms with Crippen LogP contribution in [0.25, 0.3) is 0 Å². The van der Waals surface area contributed by atoms with Crippen LogP contribution < -0.4 is 5.32 Å². The largest absolute Gasteiger partial charge is 0.378 e. The maximum atomic E-state index is 14.1. The zero-order valence-electron chi connectivity index (χ0n) is 21.0. The number of nitro benzene ring substituents is 1. The number of nitro groups is 1. The SMILES string of the molecule is CCN1C(=O)NC(c2cccc([N+](=O)[O-])c2)C2=C1CN(C(Cc1ccccc1)C(=O)N1CCOCC1)C2=O. The summed E-state index contributed by atoms with van der Waals surface area (Å²) in [5, 5.41) is 14.3. The van der Waals surface area contributed by atoms with Gasteiger partial charge in [-0.1, -0.05) is 42.5 Å². The molecule has 0 aliphatic carbocycles. The predicted octanol–water partition coefficient (Wildman–Crippen LogP) is 2.25. The molecule has 3 aliphatic rings. The molecule has 4 amide bonds. The van der Waals surface area contributed by atoms with Crippen LogP contribution in [-0.4, -0.2) is 82.9 Å². The van der Waals surface area contributed by atoms with Gasteiger partial charge >= 0.3 is 6.03 Å². The third-order valence-corrected chi connectivity index (χ3v) is 7.24. The molecule has 2 unspecified atom stereocenters. The predicted molar refractivity (Wildman–Crippen MR) is 137 cm³/mol. The maximum absolute atomic E-state index is 14.1. The van der Waals surface area contributed by atoms with Gasteiger partial charge in [0.25, 0.3) is 11.6 Å². The van der Waals surface area contributed by atoms with Crippen molar-refractivity contribution in [3.05, 3.63) is 87.1 Å². The summed E-state index contributed by atoms with van der Waals surface area (Å²) in [5.41, 5.74) is 2.06. The van der Waals surface area contributed by atoms with Gasteiger partial charge in [-0.05, 0) is 18.1 Å². The lowest BCUT2D eigenvalue weighted by Crippen LogP contribution is -2.53. The highest BCUT2D eigenvalue weighted by Crippen LogP contribution is 2.38. The monoisotopic (exact) mass is 519 g/mol. The van der Waals surface area contributed by atoms with Crippen LogP contribution in [0.2, 0.25) is 0 Å². The molecule has 0 aromatic heterocycles. The fraction of sp³-hybridized carbons (Fsp3) is 0.370. The molecule has 2 aromatic rings. The number of rotatable bonds is 7. The highest BCUT2D eigenvalue weighted by Gasteiger charge is 2.47. The van der Waals surface area contributed by atoms with Crippen LogP contribution in [-0.2, 0) is 20.7 Å². The van der Waals surface area contributed by atoms with Gasteiger partial charge in [0, 0.05) is 38.2 Å². The van der Waals surface area contributed by atoms with E-state index in [0.717, 1.165) is 5.56 Å². The van der Waals surface area contributed by atoms with Gasteiger partial charge in [0.2, 0.25) is 5.91 Å². The number of hydrogen-bond acceptors (Lipinski definition) is 6. The number of ether oxygens (including phenoxy) is 1. The minimum absolute atomic E-state index is 0.0917. The number of amides is 4. The summed E-state index contributed by atoms with van der Waals surface area (Å²) in [5.74, 6) is -0.530. The van der Waals surface area contributed by atoms with E-state index in [4.69, 9.17) is 4.74 Å². The number of urea groups is 1. The van der Waals surface area contributed by atoms with E-state index in [2.05, 4.69) is 5.32 Å². The lowest BCUT2D eigenvalue weighted by atomic mass is 9.95. The average Bonchev–Trinajstić information content (AvgIpc) is 3.28. The summed E-state index contributed by atoms with van der Waals surface area (Å²) in [4.78, 5) is 56.6. The van der Waals surface area contributed by atoms with Gasteiger partial charge in [-0.15, -0.1) is 0 Å². The van der Waals surface area contributed by atoms with Gasteiger partial charge in [0.05, 0.1) is 42.0 Å². The molecule has 0 spiro atoms. The smallest absolute Gasteiger partial charge is 0.322 e. The molecule has 0 bridgehead atoms. The van der Waals surface area contributed by atoms with Crippen LogP contribution in [0.3, 0.4) is 0 Å². The van der Waals surface area contributed by atoms with Crippen LogP contribution in [0.4, 0.5) is 10.5 Å². The van der Waals surface area contributed by atoms with Crippen molar-refractivity contribution in [1.29, 1.82) is 0 Å². The van der Waals surface area contributed by atoms with E-state index in [1.165, 1.54) is 23.1 Å². The Morgan fingerprint density at radius 2 is 1.87 bits per heavy atom. The summed E-state index contributed by atoms with van der Waals surface area (Å²) < 4.78 is 5.42. The van der Waals surface area contributed by atoms with E-state index in [0.29, 0.717) is 56.1 Å². The van der Waals surface area contributed by atoms with Crippen LogP contribution >= 0.6 is 0 Å². The van der Waals surface area contributed by atoms with Gasteiger partial charge < -0.3 is 19.9 Å². The van der Waals surface area contributed by atoms with E-state index in [1.54, 1.807) is 15.9 Å². The number of nitrogens with zero attached hydrogens (tertiary/aromatic N) is 4. The van der Waals surface area contributed by atoms with Gasteiger partial charge in [0.1, 0.15) is 6.04 Å². The number of carbonyl (C=O) groups excluding carboxylic acids is 3. The van der Waals surface area contributed by atoms with Crippen molar-refractivity contribution in [3.63, 3.8) is 0 Å². The zero-order chi connectivity index (χ0) is 26.8. The first-order chi connectivity index (χ1) is 18.4. The lowest BCUT2D eigenvalue weighted by Gasteiger charge is -2.35. The molecule has 1 saturated heterocycles. The summed E-state index contributed by atoms with van der Waals surface area (Å²) in [6, 6.07) is 13.4. The third kappa shape index (κ3) is 4.72. The Labute approximate surface area is 219 Å². The molecule has 2 aromatic carbocycles. The number of hydrogen-bond donors (Lipinski definition) is 1. The normalized spacial score (nSPS) is 20.3. The lowest BCUT2D eigenvalue weighted by molar-refractivity contribution is -0.384. The van der Waals surface area contributed by atoms with Crippen LogP contribution in [0, 0.1) is 10.1 Å². The summed E-state index contributed by atoms with van der Waals surface area (Å²) in [6.45, 7) is 3.98. The number of non-ortho nitro benzene ring substituents is 1. The molecule has 11 nitrogen and oxygen atoms in total. The molecule has 38 heavy (non-hydrogen) atoms. The molecule has 1 N–H and O–H groups in total. The highest BCUT2D eigenvalue weighted by molar-refractivity contribution is 6.03. The molecule has 198 valence electrons. The van der Waals surface area contributed by atoms with Gasteiger partial charge in [-0.2, -0.15) is 0 Å². The minimum Gasteiger partial charge on any atom is -0.378 e. The fourth-order valence-electron chi connectivity index (χ4n) is 5.33. The van der Waals surface area contributed by atoms with Crippen molar-refractivity contribution in [1.82, 2.24) is 20.0 Å². The standard InChI is InChI=1S/C27H29N5O6/c1-2-30-22-17-31(21(15-18-7-4-3-5-8-18)25(33)29-11-13-38-14-12-29)26(34)23(22)24(28-27(30)35)19-9-6-10-20(16-19)32(36)37/h3-10,16,21,24H,2,11-15,17H2,1H3,(H,28,35). The molecular weight excluding hydrogens is 490 g/mol. The van der Waals surface area contributed by atoms with Gasteiger partial charge in [-0.25, -0.2) is 4.79 Å². The van der Waals surface area contributed by atoms with Crippen molar-refractivity contribution in [3.8, 4) is 0 Å². The number of nitrogens with one attached hydrogen (secondary N) is 1. The molecule has 3 heterocycles. The fourth-order valence-corrected chi connectivity index (χ4v) is 5.33. The number of morpholine rings is 1. The van der Waals surface area contributed by atoms with Gasteiger partial charge in [0.15, 0.2) is 0 Å². The molecular formula is C27H29N5O6. The molecule has 3 aliphatic heterocycles. The minimum atomic E-state index is -0.867. The Hall–Kier alpha value is -4.25. The second kappa shape index (κ2) is 10.6. The Balaban J connectivity index is 1.53. The number of benzene rings is 2. The number of carbonyl (C=O) groups is 3. The molecule has 5 rings (SSSR count). The second-order valence-electron chi connectivity index (χ2n) is 9.42.